The van der Waals surface area contributed by atoms with Crippen molar-refractivity contribution in [2.75, 3.05) is 0 Å². The highest BCUT2D eigenvalue weighted by Gasteiger charge is 2.56. The van der Waals surface area contributed by atoms with Crippen LogP contribution in [0.1, 0.15) is 105 Å². The average molecular weight is 453 g/mol. The van der Waals surface area contributed by atoms with E-state index < -0.39 is 5.60 Å². The molecule has 3 fully saturated rings. The predicted octanol–water partition coefficient (Wildman–Crippen LogP) is 7.37. The van der Waals surface area contributed by atoms with Crippen molar-refractivity contribution in [1.82, 2.24) is 0 Å². The summed E-state index contributed by atoms with van der Waals surface area (Å²) in [5.41, 5.74) is 5.72. The second-order valence-electron chi connectivity index (χ2n) is 12.1. The molecule has 3 atom stereocenters. The third kappa shape index (κ3) is 5.24. The molecule has 0 bridgehead atoms. The molecule has 3 nitrogen and oxygen atoms in total. The lowest BCUT2D eigenvalue weighted by atomic mass is 9.61. The number of hydrogen-bond donors (Lipinski definition) is 1. The molecular weight excluding hydrogens is 408 g/mol. The molecule has 4 rings (SSSR count). The van der Waals surface area contributed by atoms with Crippen LogP contribution < -0.4 is 0 Å². The first-order valence-corrected chi connectivity index (χ1v) is 13.2. The molecule has 4 aliphatic rings. The molecule has 0 radical (unpaired) electrons. The van der Waals surface area contributed by atoms with Crippen molar-refractivity contribution < 1.29 is 14.6 Å². The van der Waals surface area contributed by atoms with E-state index in [4.69, 9.17) is 4.74 Å². The predicted molar refractivity (Wildman–Crippen MR) is 135 cm³/mol. The summed E-state index contributed by atoms with van der Waals surface area (Å²) in [6.45, 7) is 12.1. The van der Waals surface area contributed by atoms with Gasteiger partial charge in [0.05, 0.1) is 5.60 Å². The number of carbonyl (C=O) groups excluding carboxylic acids is 1. The van der Waals surface area contributed by atoms with Crippen LogP contribution in [0, 0.1) is 16.7 Å². The van der Waals surface area contributed by atoms with Crippen molar-refractivity contribution in [1.29, 1.82) is 0 Å². The maximum Gasteiger partial charge on any atom is 0.303 e. The van der Waals surface area contributed by atoms with Crippen LogP contribution in [0.2, 0.25) is 0 Å². The van der Waals surface area contributed by atoms with Gasteiger partial charge in [0, 0.05) is 6.92 Å². The summed E-state index contributed by atoms with van der Waals surface area (Å²) in [6.07, 6.45) is 20.9. The highest BCUT2D eigenvalue weighted by Crippen LogP contribution is 2.67. The molecular formula is C30H44O3. The summed E-state index contributed by atoms with van der Waals surface area (Å²) in [5.74, 6) is 0.399. The Morgan fingerprint density at radius 1 is 1.24 bits per heavy atom. The molecule has 182 valence electrons. The molecule has 0 heterocycles. The average Bonchev–Trinajstić information content (AvgIpc) is 3.40. The Morgan fingerprint density at radius 3 is 2.67 bits per heavy atom. The molecule has 33 heavy (non-hydrogen) atoms. The molecule has 0 aromatic rings. The quantitative estimate of drug-likeness (QED) is 0.324. The van der Waals surface area contributed by atoms with Crippen LogP contribution >= 0.6 is 0 Å². The zero-order valence-electron chi connectivity index (χ0n) is 21.3. The fourth-order valence-electron chi connectivity index (χ4n) is 7.05. The summed E-state index contributed by atoms with van der Waals surface area (Å²) in [4.78, 5) is 11.4. The van der Waals surface area contributed by atoms with Gasteiger partial charge in [0.2, 0.25) is 0 Å². The molecule has 0 amide bonds. The van der Waals surface area contributed by atoms with Crippen LogP contribution in [0.3, 0.4) is 0 Å². The topological polar surface area (TPSA) is 46.5 Å². The third-order valence-corrected chi connectivity index (χ3v) is 8.94. The van der Waals surface area contributed by atoms with Crippen molar-refractivity contribution in [2.24, 2.45) is 16.7 Å². The molecule has 0 aliphatic heterocycles. The molecule has 0 saturated heterocycles. The van der Waals surface area contributed by atoms with Gasteiger partial charge in [-0.1, -0.05) is 42.9 Å². The Kier molecular flexibility index (Phi) is 6.84. The van der Waals surface area contributed by atoms with Gasteiger partial charge in [-0.2, -0.15) is 0 Å². The fraction of sp³-hybridized carbons (Fsp3) is 0.700. The van der Waals surface area contributed by atoms with Crippen molar-refractivity contribution in [3.8, 4) is 0 Å². The molecule has 0 spiro atoms. The van der Waals surface area contributed by atoms with Crippen LogP contribution in [-0.2, 0) is 9.53 Å². The molecule has 1 unspecified atom stereocenters. The summed E-state index contributed by atoms with van der Waals surface area (Å²) >= 11 is 0. The molecule has 4 aliphatic carbocycles. The number of fused-ring (bicyclic) bond motifs is 1. The third-order valence-electron chi connectivity index (χ3n) is 8.94. The molecule has 0 aromatic carbocycles. The van der Waals surface area contributed by atoms with Gasteiger partial charge in [0.25, 0.3) is 0 Å². The smallest absolute Gasteiger partial charge is 0.303 e. The van der Waals surface area contributed by atoms with Gasteiger partial charge >= 0.3 is 5.97 Å². The number of esters is 1. The van der Waals surface area contributed by atoms with Gasteiger partial charge < -0.3 is 9.84 Å². The van der Waals surface area contributed by atoms with Crippen molar-refractivity contribution in [3.63, 3.8) is 0 Å². The van der Waals surface area contributed by atoms with Crippen LogP contribution in [0.5, 0.6) is 0 Å². The Balaban J connectivity index is 1.47. The number of ether oxygens (including phenoxy) is 1. The highest BCUT2D eigenvalue weighted by atomic mass is 16.5. The molecule has 3 heteroatoms. The second kappa shape index (κ2) is 9.21. The minimum absolute atomic E-state index is 0.157. The minimum atomic E-state index is -0.557. The van der Waals surface area contributed by atoms with E-state index in [1.165, 1.54) is 57.4 Å². The second-order valence-corrected chi connectivity index (χ2v) is 12.1. The SMILES string of the molecule is C=C1/C(=C\C=C2/CCC[C@]3(C)C(C4(CCCC(C)(C)O)CC4)=CCC23)CCC[C@@H]1OC(C)=O. The first-order chi connectivity index (χ1) is 15.5. The van der Waals surface area contributed by atoms with E-state index in [1.807, 2.05) is 13.8 Å². The van der Waals surface area contributed by atoms with Crippen molar-refractivity contribution in [3.05, 3.63) is 47.1 Å². The lowest BCUT2D eigenvalue weighted by Gasteiger charge is -2.43. The monoisotopic (exact) mass is 452 g/mol. The van der Waals surface area contributed by atoms with E-state index in [0.29, 0.717) is 11.3 Å². The lowest BCUT2D eigenvalue weighted by Crippen LogP contribution is -2.33. The number of rotatable bonds is 7. The summed E-state index contributed by atoms with van der Waals surface area (Å²) in [6, 6.07) is 0. The summed E-state index contributed by atoms with van der Waals surface area (Å²) in [7, 11) is 0. The van der Waals surface area contributed by atoms with Crippen LogP contribution in [0.25, 0.3) is 0 Å². The first kappa shape index (κ1) is 24.5. The Bertz CT molecular complexity index is 877. The molecule has 1 N–H and O–H groups in total. The van der Waals surface area contributed by atoms with E-state index >= 15 is 0 Å². The number of carbonyl (C=O) groups is 1. The van der Waals surface area contributed by atoms with E-state index in [1.54, 1.807) is 11.1 Å². The molecule has 0 aromatic heterocycles. The number of allylic oxidation sites excluding steroid dienone is 5. The van der Waals surface area contributed by atoms with Crippen LogP contribution in [0.15, 0.2) is 47.1 Å². The Labute approximate surface area is 201 Å². The molecule has 3 saturated carbocycles. The van der Waals surface area contributed by atoms with Crippen LogP contribution in [-0.4, -0.2) is 22.8 Å². The van der Waals surface area contributed by atoms with E-state index in [2.05, 4.69) is 31.7 Å². The van der Waals surface area contributed by atoms with Gasteiger partial charge in [-0.05, 0) is 119 Å². The summed E-state index contributed by atoms with van der Waals surface area (Å²) < 4.78 is 5.50. The van der Waals surface area contributed by atoms with Crippen molar-refractivity contribution in [2.45, 2.75) is 116 Å². The number of hydrogen-bond acceptors (Lipinski definition) is 3. The number of aliphatic hydroxyl groups is 1. The summed E-state index contributed by atoms with van der Waals surface area (Å²) in [5, 5.41) is 10.2. The van der Waals surface area contributed by atoms with E-state index in [9.17, 15) is 9.90 Å². The highest BCUT2D eigenvalue weighted by molar-refractivity contribution is 5.66. The van der Waals surface area contributed by atoms with Crippen molar-refractivity contribution >= 4 is 5.97 Å². The maximum absolute atomic E-state index is 11.4. The normalized spacial score (nSPS) is 33.7. The Hall–Kier alpha value is -1.61. The zero-order valence-corrected chi connectivity index (χ0v) is 21.3. The van der Waals surface area contributed by atoms with Gasteiger partial charge in [-0.3, -0.25) is 4.79 Å². The van der Waals surface area contributed by atoms with Gasteiger partial charge in [0.15, 0.2) is 0 Å². The van der Waals surface area contributed by atoms with Gasteiger partial charge in [-0.15, -0.1) is 0 Å². The van der Waals surface area contributed by atoms with E-state index in [-0.39, 0.29) is 17.5 Å². The Morgan fingerprint density at radius 2 is 2.00 bits per heavy atom. The minimum Gasteiger partial charge on any atom is -0.458 e. The standard InChI is InChI=1S/C30H44O3/c1-21-23(9-6-11-26(21)33-22(2)31)12-13-24-10-7-17-29(5)25(24)14-15-27(29)30(19-20-30)18-8-16-28(3,4)32/h12-13,15,25-26,32H,1,6-11,14,16-20H2,2-5H3/b23-12-,24-13+/t25?,26-,29-/m0/s1. The fourth-order valence-corrected chi connectivity index (χ4v) is 7.05. The lowest BCUT2D eigenvalue weighted by molar-refractivity contribution is -0.145. The largest absolute Gasteiger partial charge is 0.458 e. The first-order valence-electron chi connectivity index (χ1n) is 13.2. The zero-order chi connectivity index (χ0) is 23.9. The van der Waals surface area contributed by atoms with Gasteiger partial charge in [0.1, 0.15) is 6.10 Å². The van der Waals surface area contributed by atoms with Crippen LogP contribution in [0.4, 0.5) is 0 Å². The van der Waals surface area contributed by atoms with E-state index in [0.717, 1.165) is 37.7 Å². The maximum atomic E-state index is 11.4. The van der Waals surface area contributed by atoms with Gasteiger partial charge in [-0.25, -0.2) is 0 Å².